The van der Waals surface area contributed by atoms with E-state index in [0.717, 1.165) is 10.8 Å². The average molecular weight is 561 g/mol. The van der Waals surface area contributed by atoms with Gasteiger partial charge >= 0.3 is 5.97 Å². The van der Waals surface area contributed by atoms with Crippen LogP contribution in [0.4, 0.5) is 5.69 Å². The molecule has 2 aromatic rings. The van der Waals surface area contributed by atoms with Crippen molar-refractivity contribution in [3.63, 3.8) is 0 Å². The van der Waals surface area contributed by atoms with Crippen LogP contribution < -0.4 is 4.90 Å². The molecule has 41 heavy (non-hydrogen) atoms. The summed E-state index contributed by atoms with van der Waals surface area (Å²) in [5, 5.41) is 12.5. The SMILES string of the molecule is C=CCOC(=O)[C@H]1[C@H]2C(=O)N([C@@H](CO)C(C)C)C(C(=O)N(CC=C)c3ccc4ccccc4c3)C23CC(C)[C@]1(C)O3. The minimum atomic E-state index is -1.25. The summed E-state index contributed by atoms with van der Waals surface area (Å²) in [5.74, 6) is -3.29. The van der Waals surface area contributed by atoms with E-state index in [1.165, 1.54) is 11.0 Å². The third-order valence-corrected chi connectivity index (χ3v) is 9.52. The number of rotatable bonds is 10. The molecule has 1 spiro atoms. The Balaban J connectivity index is 1.66. The summed E-state index contributed by atoms with van der Waals surface area (Å²) >= 11 is 0. The van der Waals surface area contributed by atoms with E-state index in [-0.39, 0.29) is 43.4 Å². The van der Waals surface area contributed by atoms with Crippen LogP contribution in [0.15, 0.2) is 67.8 Å². The number of amides is 2. The third kappa shape index (κ3) is 4.30. The number of hydrogen-bond acceptors (Lipinski definition) is 6. The van der Waals surface area contributed by atoms with Gasteiger partial charge in [0.25, 0.3) is 5.91 Å². The van der Waals surface area contributed by atoms with Gasteiger partial charge in [0.05, 0.1) is 24.2 Å². The van der Waals surface area contributed by atoms with Crippen LogP contribution in [-0.4, -0.2) is 70.8 Å². The lowest BCUT2D eigenvalue weighted by molar-refractivity contribution is -0.162. The van der Waals surface area contributed by atoms with Crippen molar-refractivity contribution < 1.29 is 29.0 Å². The molecule has 0 saturated carbocycles. The molecule has 218 valence electrons. The van der Waals surface area contributed by atoms with E-state index >= 15 is 0 Å². The lowest BCUT2D eigenvalue weighted by atomic mass is 9.62. The summed E-state index contributed by atoms with van der Waals surface area (Å²) in [6.45, 7) is 15.1. The van der Waals surface area contributed by atoms with E-state index in [1.807, 2.05) is 70.2 Å². The molecule has 3 heterocycles. The number of ether oxygens (including phenoxy) is 2. The molecule has 2 amide bonds. The van der Waals surface area contributed by atoms with Crippen molar-refractivity contribution in [2.45, 2.75) is 57.4 Å². The molecule has 8 heteroatoms. The standard InChI is InChI=1S/C33H40N2O6/c1-7-15-34(24-14-13-22-11-9-10-12-23(22)17-24)30(38)28-33-18-21(5)32(6,41-33)27(31(39)40-16-8-2)26(33)29(37)35(28)25(19-36)20(3)4/h7-14,17,20-21,25-28,36H,1-2,15-16,18-19H2,3-6H3/t21?,25-,26-,27+,28?,32-,33?/m0/s1. The average Bonchev–Trinajstić information content (AvgIpc) is 3.46. The molecule has 3 saturated heterocycles. The Kier molecular flexibility index (Phi) is 7.59. The normalized spacial score (nSPS) is 30.9. The molecule has 1 N–H and O–H groups in total. The van der Waals surface area contributed by atoms with Crippen LogP contribution in [0.25, 0.3) is 10.8 Å². The molecule has 0 aliphatic carbocycles. The minimum Gasteiger partial charge on any atom is -0.461 e. The second-order valence-corrected chi connectivity index (χ2v) is 12.1. The maximum absolute atomic E-state index is 14.8. The van der Waals surface area contributed by atoms with Crippen LogP contribution in [0, 0.1) is 23.7 Å². The molecule has 3 fully saturated rings. The fourth-order valence-electron chi connectivity index (χ4n) is 7.47. The molecular weight excluding hydrogens is 520 g/mol. The first-order valence-corrected chi connectivity index (χ1v) is 14.4. The molecule has 3 unspecified atom stereocenters. The van der Waals surface area contributed by atoms with Gasteiger partial charge in [-0.15, -0.1) is 6.58 Å². The molecule has 2 bridgehead atoms. The maximum Gasteiger partial charge on any atom is 0.313 e. The fourth-order valence-corrected chi connectivity index (χ4v) is 7.47. The number of esters is 1. The number of anilines is 1. The molecular formula is C33H40N2O6. The number of aliphatic hydroxyl groups excluding tert-OH is 1. The quantitative estimate of drug-likeness (QED) is 0.347. The maximum atomic E-state index is 14.8. The fraction of sp³-hybridized carbons (Fsp3) is 0.485. The second kappa shape index (κ2) is 10.7. The molecule has 3 aliphatic rings. The predicted octanol–water partition coefficient (Wildman–Crippen LogP) is 4.12. The Morgan fingerprint density at radius 1 is 1.20 bits per heavy atom. The topological polar surface area (TPSA) is 96.4 Å². The summed E-state index contributed by atoms with van der Waals surface area (Å²) in [5.41, 5.74) is -1.57. The zero-order chi connectivity index (χ0) is 29.7. The molecule has 0 radical (unpaired) electrons. The Morgan fingerprint density at radius 3 is 2.54 bits per heavy atom. The monoisotopic (exact) mass is 560 g/mol. The highest BCUT2D eigenvalue weighted by Crippen LogP contribution is 2.66. The number of likely N-dealkylation sites (tertiary alicyclic amines) is 1. The summed E-state index contributed by atoms with van der Waals surface area (Å²) in [6.07, 6.45) is 3.56. The smallest absolute Gasteiger partial charge is 0.313 e. The zero-order valence-electron chi connectivity index (χ0n) is 24.3. The van der Waals surface area contributed by atoms with Gasteiger partial charge in [-0.1, -0.05) is 69.8 Å². The van der Waals surface area contributed by atoms with E-state index in [0.29, 0.717) is 12.1 Å². The second-order valence-electron chi connectivity index (χ2n) is 12.1. The van der Waals surface area contributed by atoms with Crippen LogP contribution in [0.1, 0.15) is 34.1 Å². The van der Waals surface area contributed by atoms with Crippen molar-refractivity contribution in [3.8, 4) is 0 Å². The van der Waals surface area contributed by atoms with E-state index in [2.05, 4.69) is 13.2 Å². The molecule has 5 rings (SSSR count). The minimum absolute atomic E-state index is 0.0140. The number of benzene rings is 2. The van der Waals surface area contributed by atoms with Gasteiger partial charge < -0.3 is 24.4 Å². The van der Waals surface area contributed by atoms with Gasteiger partial charge in [0.1, 0.15) is 24.2 Å². The summed E-state index contributed by atoms with van der Waals surface area (Å²) in [4.78, 5) is 45.9. The molecule has 7 atom stereocenters. The van der Waals surface area contributed by atoms with Crippen LogP contribution in [-0.2, 0) is 23.9 Å². The molecule has 0 aromatic heterocycles. The summed E-state index contributed by atoms with van der Waals surface area (Å²) in [6, 6.07) is 12.0. The Labute approximate surface area is 241 Å². The van der Waals surface area contributed by atoms with Gasteiger partial charge in [-0.25, -0.2) is 0 Å². The number of aliphatic hydroxyl groups is 1. The number of fused-ring (bicyclic) bond motifs is 2. The number of carbonyl (C=O) groups excluding carboxylic acids is 3. The van der Waals surface area contributed by atoms with Crippen molar-refractivity contribution in [1.82, 2.24) is 4.90 Å². The van der Waals surface area contributed by atoms with Gasteiger partial charge in [-0.2, -0.15) is 0 Å². The first kappa shape index (κ1) is 29.0. The third-order valence-electron chi connectivity index (χ3n) is 9.52. The lowest BCUT2D eigenvalue weighted by Crippen LogP contribution is -2.60. The Hall–Kier alpha value is -3.49. The van der Waals surface area contributed by atoms with E-state index < -0.39 is 41.1 Å². The van der Waals surface area contributed by atoms with Gasteiger partial charge in [0, 0.05) is 12.2 Å². The van der Waals surface area contributed by atoms with Crippen molar-refractivity contribution in [3.05, 3.63) is 67.8 Å². The van der Waals surface area contributed by atoms with Crippen molar-refractivity contribution in [2.75, 3.05) is 24.7 Å². The van der Waals surface area contributed by atoms with E-state index in [4.69, 9.17) is 9.47 Å². The van der Waals surface area contributed by atoms with Crippen LogP contribution in [0.2, 0.25) is 0 Å². The number of hydrogen-bond donors (Lipinski definition) is 1. The van der Waals surface area contributed by atoms with Crippen molar-refractivity contribution in [1.29, 1.82) is 0 Å². The number of carbonyl (C=O) groups is 3. The predicted molar refractivity (Wildman–Crippen MR) is 157 cm³/mol. The highest BCUT2D eigenvalue weighted by atomic mass is 16.6. The highest BCUT2D eigenvalue weighted by Gasteiger charge is 2.81. The van der Waals surface area contributed by atoms with Gasteiger partial charge in [-0.3, -0.25) is 14.4 Å². The Morgan fingerprint density at radius 2 is 1.90 bits per heavy atom. The van der Waals surface area contributed by atoms with Crippen LogP contribution in [0.3, 0.4) is 0 Å². The number of nitrogens with zero attached hydrogens (tertiary/aromatic N) is 2. The first-order valence-electron chi connectivity index (χ1n) is 14.4. The van der Waals surface area contributed by atoms with Gasteiger partial charge in [0.2, 0.25) is 5.91 Å². The van der Waals surface area contributed by atoms with Gasteiger partial charge in [-0.05, 0) is 48.1 Å². The summed E-state index contributed by atoms with van der Waals surface area (Å²) < 4.78 is 12.3. The van der Waals surface area contributed by atoms with E-state index in [1.54, 1.807) is 11.0 Å². The zero-order valence-corrected chi connectivity index (χ0v) is 24.3. The van der Waals surface area contributed by atoms with Crippen LogP contribution >= 0.6 is 0 Å². The highest BCUT2D eigenvalue weighted by molar-refractivity contribution is 6.06. The molecule has 3 aliphatic heterocycles. The van der Waals surface area contributed by atoms with Crippen molar-refractivity contribution in [2.24, 2.45) is 23.7 Å². The van der Waals surface area contributed by atoms with Crippen molar-refractivity contribution >= 4 is 34.2 Å². The summed E-state index contributed by atoms with van der Waals surface area (Å²) in [7, 11) is 0. The molecule has 2 aromatic carbocycles. The van der Waals surface area contributed by atoms with Crippen LogP contribution in [0.5, 0.6) is 0 Å². The first-order chi connectivity index (χ1) is 19.5. The van der Waals surface area contributed by atoms with E-state index in [9.17, 15) is 19.5 Å². The molecule has 8 nitrogen and oxygen atoms in total. The Bertz CT molecular complexity index is 1390. The largest absolute Gasteiger partial charge is 0.461 e. The van der Waals surface area contributed by atoms with Gasteiger partial charge in [0.15, 0.2) is 0 Å². The lowest BCUT2D eigenvalue weighted by Gasteiger charge is -2.40.